The fourth-order valence-electron chi connectivity index (χ4n) is 5.92. The Kier molecular flexibility index (Phi) is 6.65. The normalized spacial score (nSPS) is 24.1. The topological polar surface area (TPSA) is 33.7 Å². The minimum Gasteiger partial charge on any atom is -0.497 e. The Bertz CT molecular complexity index is 993. The van der Waals surface area contributed by atoms with E-state index in [1.54, 1.807) is 14.2 Å². The van der Waals surface area contributed by atoms with E-state index in [0.717, 1.165) is 18.0 Å². The molecule has 0 radical (unpaired) electrons. The maximum absolute atomic E-state index is 5.67. The predicted molar refractivity (Wildman–Crippen MR) is 133 cm³/mol. The number of hydrogen-bond acceptors (Lipinski definition) is 4. The van der Waals surface area contributed by atoms with Gasteiger partial charge in [-0.15, -0.1) is 0 Å². The van der Waals surface area contributed by atoms with Crippen LogP contribution in [-0.4, -0.2) is 44.3 Å². The van der Waals surface area contributed by atoms with Gasteiger partial charge in [0, 0.05) is 36.2 Å². The molecule has 3 fully saturated rings. The highest BCUT2D eigenvalue weighted by atomic mass is 16.5. The van der Waals surface area contributed by atoms with Crippen LogP contribution in [0.5, 0.6) is 11.5 Å². The van der Waals surface area contributed by atoms with Crippen molar-refractivity contribution < 1.29 is 9.47 Å². The van der Waals surface area contributed by atoms with Crippen LogP contribution in [0.3, 0.4) is 0 Å². The highest BCUT2D eigenvalue weighted by molar-refractivity contribution is 5.41. The van der Waals surface area contributed by atoms with Gasteiger partial charge in [0.1, 0.15) is 11.5 Å². The monoisotopic (exact) mass is 442 g/mol. The van der Waals surface area contributed by atoms with Gasteiger partial charge in [0.25, 0.3) is 0 Å². The standard InChI is InChI=1S/C29H34N2O2/c1-32-25-14-13-24(26(19-25)33-2)20-30-28-23-15-17-31(18-16-23)29(28)27(21-9-5-3-6-10-21)22-11-7-4-8-12-22/h3-14,19,23,27-30H,15-18,20H2,1-2H3/t28-,29+/m1/s1. The molecule has 0 spiro atoms. The van der Waals surface area contributed by atoms with Crippen LogP contribution in [0.25, 0.3) is 0 Å². The fourth-order valence-corrected chi connectivity index (χ4v) is 5.92. The molecule has 3 aliphatic rings. The maximum Gasteiger partial charge on any atom is 0.127 e. The average molecular weight is 443 g/mol. The highest BCUT2D eigenvalue weighted by Gasteiger charge is 2.46. The van der Waals surface area contributed by atoms with Crippen LogP contribution in [-0.2, 0) is 6.54 Å². The first-order valence-corrected chi connectivity index (χ1v) is 12.1. The molecule has 4 heteroatoms. The van der Waals surface area contributed by atoms with Gasteiger partial charge >= 0.3 is 0 Å². The number of fused-ring (bicyclic) bond motifs is 3. The van der Waals surface area contributed by atoms with Crippen LogP contribution < -0.4 is 14.8 Å². The van der Waals surface area contributed by atoms with Gasteiger partial charge < -0.3 is 14.8 Å². The quantitative estimate of drug-likeness (QED) is 0.527. The number of ether oxygens (including phenoxy) is 2. The minimum absolute atomic E-state index is 0.339. The highest BCUT2D eigenvalue weighted by Crippen LogP contribution is 2.42. The lowest BCUT2D eigenvalue weighted by atomic mass is 9.70. The van der Waals surface area contributed by atoms with Crippen molar-refractivity contribution in [3.8, 4) is 11.5 Å². The molecule has 0 saturated carbocycles. The Morgan fingerprint density at radius 2 is 1.48 bits per heavy atom. The number of nitrogens with zero attached hydrogens (tertiary/aromatic N) is 1. The molecule has 6 rings (SSSR count). The van der Waals surface area contributed by atoms with E-state index >= 15 is 0 Å². The second kappa shape index (κ2) is 9.98. The lowest BCUT2D eigenvalue weighted by molar-refractivity contribution is 0.00462. The van der Waals surface area contributed by atoms with Crippen molar-refractivity contribution in [2.24, 2.45) is 5.92 Å². The number of nitrogens with one attached hydrogen (secondary N) is 1. The smallest absolute Gasteiger partial charge is 0.127 e. The first kappa shape index (κ1) is 22.0. The van der Waals surface area contributed by atoms with Gasteiger partial charge in [-0.2, -0.15) is 0 Å². The molecule has 3 aromatic rings. The summed E-state index contributed by atoms with van der Waals surface area (Å²) in [6.45, 7) is 3.17. The summed E-state index contributed by atoms with van der Waals surface area (Å²) in [5.41, 5.74) is 3.97. The second-order valence-corrected chi connectivity index (χ2v) is 9.25. The molecule has 3 aromatic carbocycles. The van der Waals surface area contributed by atoms with Crippen molar-refractivity contribution in [1.82, 2.24) is 10.2 Å². The number of hydrogen-bond donors (Lipinski definition) is 1. The molecule has 3 saturated heterocycles. The van der Waals surface area contributed by atoms with Gasteiger partial charge in [-0.3, -0.25) is 4.90 Å². The lowest BCUT2D eigenvalue weighted by Crippen LogP contribution is -2.64. The molecule has 0 unspecified atom stereocenters. The third-order valence-corrected chi connectivity index (χ3v) is 7.55. The Morgan fingerprint density at radius 1 is 0.848 bits per heavy atom. The second-order valence-electron chi connectivity index (χ2n) is 9.25. The average Bonchev–Trinajstić information content (AvgIpc) is 2.90. The van der Waals surface area contributed by atoms with Crippen LogP contribution in [0.15, 0.2) is 78.9 Å². The zero-order valence-corrected chi connectivity index (χ0v) is 19.6. The van der Waals surface area contributed by atoms with E-state index in [1.165, 1.54) is 42.6 Å². The van der Waals surface area contributed by atoms with Crippen molar-refractivity contribution in [1.29, 1.82) is 0 Å². The van der Waals surface area contributed by atoms with Crippen LogP contribution in [0, 0.1) is 5.92 Å². The molecular weight excluding hydrogens is 408 g/mol. The number of methoxy groups -OCH3 is 2. The predicted octanol–water partition coefficient (Wildman–Crippen LogP) is 5.09. The van der Waals surface area contributed by atoms with Gasteiger partial charge in [0.15, 0.2) is 0 Å². The fraction of sp³-hybridized carbons (Fsp3) is 0.379. The summed E-state index contributed by atoms with van der Waals surface area (Å²) in [6, 6.07) is 29.1. The van der Waals surface area contributed by atoms with Gasteiger partial charge in [-0.05, 0) is 49.0 Å². The van der Waals surface area contributed by atoms with Crippen molar-refractivity contribution >= 4 is 0 Å². The number of benzene rings is 3. The largest absolute Gasteiger partial charge is 0.497 e. The molecule has 33 heavy (non-hydrogen) atoms. The van der Waals surface area contributed by atoms with Gasteiger partial charge in [-0.25, -0.2) is 0 Å². The minimum atomic E-state index is 0.339. The van der Waals surface area contributed by atoms with Crippen LogP contribution in [0.4, 0.5) is 0 Å². The van der Waals surface area contributed by atoms with Gasteiger partial charge in [0.2, 0.25) is 0 Å². The molecule has 3 heterocycles. The van der Waals surface area contributed by atoms with Crippen molar-refractivity contribution in [3.05, 3.63) is 95.6 Å². The van der Waals surface area contributed by atoms with Gasteiger partial charge in [-0.1, -0.05) is 66.7 Å². The van der Waals surface area contributed by atoms with E-state index in [1.807, 2.05) is 12.1 Å². The summed E-state index contributed by atoms with van der Waals surface area (Å²) >= 11 is 0. The summed E-state index contributed by atoms with van der Waals surface area (Å²) in [5, 5.41) is 3.99. The molecule has 172 valence electrons. The van der Waals surface area contributed by atoms with Gasteiger partial charge in [0.05, 0.1) is 14.2 Å². The molecule has 0 aromatic heterocycles. The maximum atomic E-state index is 5.67. The first-order valence-electron chi connectivity index (χ1n) is 12.1. The molecular formula is C29H34N2O2. The van der Waals surface area contributed by atoms with E-state index in [2.05, 4.69) is 76.9 Å². The summed E-state index contributed by atoms with van der Waals surface area (Å²) in [6.07, 6.45) is 2.54. The van der Waals surface area contributed by atoms with E-state index in [4.69, 9.17) is 9.47 Å². The Hall–Kier alpha value is -2.82. The van der Waals surface area contributed by atoms with Crippen molar-refractivity contribution in [2.45, 2.75) is 37.4 Å². The van der Waals surface area contributed by atoms with Crippen LogP contribution >= 0.6 is 0 Å². The zero-order chi connectivity index (χ0) is 22.6. The summed E-state index contributed by atoms with van der Waals surface area (Å²) in [7, 11) is 3.42. The molecule has 2 atom stereocenters. The molecule has 1 N–H and O–H groups in total. The Labute approximate surface area is 197 Å². The van der Waals surface area contributed by atoms with Crippen LogP contribution in [0.2, 0.25) is 0 Å². The van der Waals surface area contributed by atoms with E-state index < -0.39 is 0 Å². The van der Waals surface area contributed by atoms with Crippen LogP contribution in [0.1, 0.15) is 35.4 Å². The number of rotatable bonds is 8. The number of piperidine rings is 3. The first-order chi connectivity index (χ1) is 16.3. The third-order valence-electron chi connectivity index (χ3n) is 7.55. The van der Waals surface area contributed by atoms with Crippen molar-refractivity contribution in [2.75, 3.05) is 27.3 Å². The molecule has 0 amide bonds. The molecule has 4 nitrogen and oxygen atoms in total. The van der Waals surface area contributed by atoms with Crippen molar-refractivity contribution in [3.63, 3.8) is 0 Å². The zero-order valence-electron chi connectivity index (χ0n) is 19.6. The molecule has 0 aliphatic carbocycles. The summed E-state index contributed by atoms with van der Waals surface area (Å²) in [5.74, 6) is 2.73. The van der Waals surface area contributed by atoms with E-state index in [9.17, 15) is 0 Å². The molecule has 2 bridgehead atoms. The lowest BCUT2D eigenvalue weighted by Gasteiger charge is -2.54. The Balaban J connectivity index is 1.47. The summed E-state index contributed by atoms with van der Waals surface area (Å²) < 4.78 is 11.1. The summed E-state index contributed by atoms with van der Waals surface area (Å²) in [4.78, 5) is 2.73. The van der Waals surface area contributed by atoms with E-state index in [-0.39, 0.29) is 0 Å². The Morgan fingerprint density at radius 3 is 2.06 bits per heavy atom. The van der Waals surface area contributed by atoms with E-state index in [0.29, 0.717) is 23.9 Å². The SMILES string of the molecule is COc1ccc(CN[C@@H]2C3CCN(CC3)[C@H]2C(c2ccccc2)c2ccccc2)c(OC)c1. The molecule has 3 aliphatic heterocycles. The third kappa shape index (κ3) is 4.50.